The van der Waals surface area contributed by atoms with Gasteiger partial charge in [0.2, 0.25) is 0 Å². The van der Waals surface area contributed by atoms with Crippen LogP contribution in [0.1, 0.15) is 19.8 Å². The molecule has 17 heavy (non-hydrogen) atoms. The first kappa shape index (κ1) is 14.7. The van der Waals surface area contributed by atoms with E-state index in [9.17, 15) is 5.11 Å². The molecule has 0 fully saturated rings. The molecular weight excluding hydrogens is 236 g/mol. The second kappa shape index (κ2) is 6.54. The van der Waals surface area contributed by atoms with Crippen LogP contribution in [0.5, 0.6) is 0 Å². The van der Waals surface area contributed by atoms with Crippen molar-refractivity contribution in [2.24, 2.45) is 0 Å². The third-order valence-electron chi connectivity index (χ3n) is 3.01. The average Bonchev–Trinajstić information content (AvgIpc) is 2.29. The molecule has 0 aliphatic carbocycles. The molecule has 1 rings (SSSR count). The SMILES string of the molecule is CCCC[Si](C)(C)O[C@@H]1C=CO[C@H](CO)[C@H]1O. The van der Waals surface area contributed by atoms with E-state index in [0.29, 0.717) is 0 Å². The van der Waals surface area contributed by atoms with Gasteiger partial charge in [0, 0.05) is 0 Å². The van der Waals surface area contributed by atoms with Gasteiger partial charge in [0.1, 0.15) is 12.2 Å². The van der Waals surface area contributed by atoms with Crippen LogP contribution >= 0.6 is 0 Å². The second-order valence-corrected chi connectivity index (χ2v) is 9.38. The highest BCUT2D eigenvalue weighted by molar-refractivity contribution is 6.71. The Morgan fingerprint density at radius 3 is 2.71 bits per heavy atom. The van der Waals surface area contributed by atoms with E-state index in [-0.39, 0.29) is 12.7 Å². The van der Waals surface area contributed by atoms with Gasteiger partial charge in [-0.25, -0.2) is 0 Å². The number of aliphatic hydroxyl groups excluding tert-OH is 2. The summed E-state index contributed by atoms with van der Waals surface area (Å²) in [6.45, 7) is 6.29. The van der Waals surface area contributed by atoms with Gasteiger partial charge in [0.05, 0.1) is 19.0 Å². The van der Waals surface area contributed by atoms with Crippen LogP contribution in [0, 0.1) is 0 Å². The normalized spacial score (nSPS) is 29.1. The lowest BCUT2D eigenvalue weighted by molar-refractivity contribution is -0.0762. The molecule has 4 nitrogen and oxygen atoms in total. The lowest BCUT2D eigenvalue weighted by atomic mass is 10.1. The van der Waals surface area contributed by atoms with Gasteiger partial charge in [-0.1, -0.05) is 19.8 Å². The summed E-state index contributed by atoms with van der Waals surface area (Å²) in [5.74, 6) is 0. The lowest BCUT2D eigenvalue weighted by Crippen LogP contribution is -2.48. The van der Waals surface area contributed by atoms with Gasteiger partial charge in [0.15, 0.2) is 8.32 Å². The molecule has 2 N–H and O–H groups in total. The Hall–Kier alpha value is -0.363. The van der Waals surface area contributed by atoms with Gasteiger partial charge in [0.25, 0.3) is 0 Å². The average molecular weight is 260 g/mol. The van der Waals surface area contributed by atoms with Crippen LogP contribution < -0.4 is 0 Å². The van der Waals surface area contributed by atoms with Crippen LogP contribution in [0.15, 0.2) is 12.3 Å². The summed E-state index contributed by atoms with van der Waals surface area (Å²) in [5.41, 5.74) is 0. The summed E-state index contributed by atoms with van der Waals surface area (Å²) in [6, 6.07) is 1.09. The van der Waals surface area contributed by atoms with E-state index in [1.165, 1.54) is 6.26 Å². The molecule has 0 bridgehead atoms. The molecule has 0 aromatic carbocycles. The molecule has 0 spiro atoms. The number of rotatable bonds is 6. The van der Waals surface area contributed by atoms with Crippen molar-refractivity contribution in [3.05, 3.63) is 12.3 Å². The van der Waals surface area contributed by atoms with E-state index in [2.05, 4.69) is 20.0 Å². The van der Waals surface area contributed by atoms with Gasteiger partial charge in [-0.2, -0.15) is 0 Å². The molecule has 0 amide bonds. The van der Waals surface area contributed by atoms with Crippen molar-refractivity contribution in [1.82, 2.24) is 0 Å². The first-order chi connectivity index (χ1) is 8.00. The Balaban J connectivity index is 2.55. The van der Waals surface area contributed by atoms with Crippen LogP contribution in [-0.2, 0) is 9.16 Å². The number of hydrogen-bond acceptors (Lipinski definition) is 4. The molecule has 0 saturated carbocycles. The Bertz CT molecular complexity index is 255. The summed E-state index contributed by atoms with van der Waals surface area (Å²) in [6.07, 6.45) is 3.87. The monoisotopic (exact) mass is 260 g/mol. The van der Waals surface area contributed by atoms with Crippen molar-refractivity contribution in [3.8, 4) is 0 Å². The van der Waals surface area contributed by atoms with Crippen LogP contribution in [-0.4, -0.2) is 43.4 Å². The summed E-state index contributed by atoms with van der Waals surface area (Å²) < 4.78 is 11.2. The second-order valence-electron chi connectivity index (χ2n) is 5.12. The third-order valence-corrected chi connectivity index (χ3v) is 5.47. The molecule has 0 unspecified atom stereocenters. The predicted molar refractivity (Wildman–Crippen MR) is 69.2 cm³/mol. The maximum absolute atomic E-state index is 9.98. The van der Waals surface area contributed by atoms with E-state index in [1.807, 2.05) is 0 Å². The fourth-order valence-corrected chi connectivity index (χ4v) is 4.20. The van der Waals surface area contributed by atoms with Gasteiger partial charge in [-0.3, -0.25) is 0 Å². The summed E-state index contributed by atoms with van der Waals surface area (Å²) in [4.78, 5) is 0. The molecule has 0 saturated heterocycles. The smallest absolute Gasteiger partial charge is 0.187 e. The van der Waals surface area contributed by atoms with Crippen molar-refractivity contribution < 1.29 is 19.4 Å². The van der Waals surface area contributed by atoms with Crippen molar-refractivity contribution in [2.75, 3.05) is 6.61 Å². The van der Waals surface area contributed by atoms with E-state index < -0.39 is 20.5 Å². The summed E-state index contributed by atoms with van der Waals surface area (Å²) in [7, 11) is -1.74. The van der Waals surface area contributed by atoms with Crippen LogP contribution in [0.2, 0.25) is 19.1 Å². The maximum atomic E-state index is 9.98. The van der Waals surface area contributed by atoms with Gasteiger partial charge in [-0.05, 0) is 25.2 Å². The van der Waals surface area contributed by atoms with Crippen molar-refractivity contribution in [3.63, 3.8) is 0 Å². The topological polar surface area (TPSA) is 58.9 Å². The Morgan fingerprint density at radius 2 is 2.12 bits per heavy atom. The molecule has 5 heteroatoms. The number of hydrogen-bond donors (Lipinski definition) is 2. The van der Waals surface area contributed by atoms with E-state index in [0.717, 1.165) is 18.9 Å². The summed E-state index contributed by atoms with van der Waals surface area (Å²) in [5, 5.41) is 19.0. The first-order valence-electron chi connectivity index (χ1n) is 6.29. The standard InChI is InChI=1S/C12H24O4Si/c1-4-5-8-17(2,3)16-10-6-7-15-11(9-13)12(10)14/h6-7,10-14H,4-5,8-9H2,1-3H3/t10-,11-,12+/m1/s1. The highest BCUT2D eigenvalue weighted by Crippen LogP contribution is 2.23. The third kappa shape index (κ3) is 4.42. The maximum Gasteiger partial charge on any atom is 0.187 e. The number of ether oxygens (including phenoxy) is 1. The zero-order chi connectivity index (χ0) is 12.9. The minimum atomic E-state index is -1.74. The quantitative estimate of drug-likeness (QED) is 0.713. The predicted octanol–water partition coefficient (Wildman–Crippen LogP) is 1.64. The lowest BCUT2D eigenvalue weighted by Gasteiger charge is -2.35. The molecule has 0 aromatic rings. The minimum absolute atomic E-state index is 0.192. The van der Waals surface area contributed by atoms with E-state index in [4.69, 9.17) is 14.3 Å². The molecule has 0 radical (unpaired) electrons. The largest absolute Gasteiger partial charge is 0.493 e. The van der Waals surface area contributed by atoms with E-state index >= 15 is 0 Å². The van der Waals surface area contributed by atoms with E-state index in [1.54, 1.807) is 6.08 Å². The Labute approximate surface area is 104 Å². The van der Waals surface area contributed by atoms with Gasteiger partial charge < -0.3 is 19.4 Å². The highest BCUT2D eigenvalue weighted by Gasteiger charge is 2.35. The van der Waals surface area contributed by atoms with Crippen molar-refractivity contribution in [2.45, 2.75) is 57.2 Å². The van der Waals surface area contributed by atoms with Gasteiger partial charge >= 0.3 is 0 Å². The Morgan fingerprint density at radius 1 is 1.41 bits per heavy atom. The molecule has 3 atom stereocenters. The molecule has 1 aliphatic heterocycles. The van der Waals surface area contributed by atoms with Crippen LogP contribution in [0.3, 0.4) is 0 Å². The zero-order valence-corrected chi connectivity index (χ0v) is 11.9. The van der Waals surface area contributed by atoms with Crippen LogP contribution in [0.4, 0.5) is 0 Å². The number of aliphatic hydroxyl groups is 2. The molecule has 1 aliphatic rings. The Kier molecular flexibility index (Phi) is 5.65. The fraction of sp³-hybridized carbons (Fsp3) is 0.833. The molecule has 1 heterocycles. The molecule has 100 valence electrons. The minimum Gasteiger partial charge on any atom is -0.493 e. The van der Waals surface area contributed by atoms with Crippen LogP contribution in [0.25, 0.3) is 0 Å². The summed E-state index contributed by atoms with van der Waals surface area (Å²) >= 11 is 0. The fourth-order valence-electron chi connectivity index (χ4n) is 1.92. The van der Waals surface area contributed by atoms with Gasteiger partial charge in [-0.15, -0.1) is 0 Å². The van der Waals surface area contributed by atoms with Crippen molar-refractivity contribution >= 4 is 8.32 Å². The zero-order valence-electron chi connectivity index (χ0n) is 10.9. The number of unbranched alkanes of at least 4 members (excludes halogenated alkanes) is 1. The highest BCUT2D eigenvalue weighted by atomic mass is 28.4. The first-order valence-corrected chi connectivity index (χ1v) is 9.40. The van der Waals surface area contributed by atoms with Crippen molar-refractivity contribution in [1.29, 1.82) is 0 Å². The molecular formula is C12H24O4Si. The molecule has 0 aromatic heterocycles.